The van der Waals surface area contributed by atoms with Crippen LogP contribution in [-0.4, -0.2) is 35.6 Å². The van der Waals surface area contributed by atoms with Gasteiger partial charge in [-0.15, -0.1) is 0 Å². The molecule has 7 heteroatoms. The molecule has 0 radical (unpaired) electrons. The zero-order valence-corrected chi connectivity index (χ0v) is 19.7. The quantitative estimate of drug-likeness (QED) is 0.559. The largest absolute Gasteiger partial charge is 0.454 e. The van der Waals surface area contributed by atoms with E-state index >= 15 is 0 Å². The molecule has 1 aliphatic rings. The van der Waals surface area contributed by atoms with E-state index in [4.69, 9.17) is 21.1 Å². The number of rotatable bonds is 10. The number of benzene rings is 2. The lowest BCUT2D eigenvalue weighted by Crippen LogP contribution is -2.50. The molecule has 32 heavy (non-hydrogen) atoms. The number of halogens is 1. The molecule has 0 aliphatic carbocycles. The summed E-state index contributed by atoms with van der Waals surface area (Å²) in [6, 6.07) is 12.6. The highest BCUT2D eigenvalue weighted by molar-refractivity contribution is 6.30. The third-order valence-electron chi connectivity index (χ3n) is 5.72. The molecule has 0 bridgehead atoms. The molecule has 1 heterocycles. The van der Waals surface area contributed by atoms with Crippen LogP contribution in [0.25, 0.3) is 0 Å². The second kappa shape index (κ2) is 11.2. The fraction of sp³-hybridized carbons (Fsp3) is 0.440. The molecule has 6 nitrogen and oxygen atoms in total. The summed E-state index contributed by atoms with van der Waals surface area (Å²) in [5, 5.41) is 3.66. The number of fused-ring (bicyclic) bond motifs is 1. The maximum atomic E-state index is 13.3. The lowest BCUT2D eigenvalue weighted by atomic mass is 10.1. The summed E-state index contributed by atoms with van der Waals surface area (Å²) in [6.07, 6.45) is 2.21. The van der Waals surface area contributed by atoms with Crippen molar-refractivity contribution in [3.05, 3.63) is 58.6 Å². The van der Waals surface area contributed by atoms with Crippen LogP contribution in [0.3, 0.4) is 0 Å². The number of aryl methyl sites for hydroxylation is 1. The number of amides is 2. The second-order valence-corrected chi connectivity index (χ2v) is 8.51. The number of ether oxygens (including phenoxy) is 2. The highest BCUT2D eigenvalue weighted by Gasteiger charge is 2.29. The molecular formula is C25H31ClN2O4. The van der Waals surface area contributed by atoms with Crippen molar-refractivity contribution in [1.29, 1.82) is 0 Å². The minimum atomic E-state index is -0.538. The van der Waals surface area contributed by atoms with Gasteiger partial charge in [0.05, 0.1) is 0 Å². The summed E-state index contributed by atoms with van der Waals surface area (Å²) in [5.74, 6) is 1.24. The maximum Gasteiger partial charge on any atom is 0.243 e. The molecule has 0 unspecified atom stereocenters. The van der Waals surface area contributed by atoms with E-state index < -0.39 is 6.04 Å². The maximum absolute atomic E-state index is 13.3. The summed E-state index contributed by atoms with van der Waals surface area (Å²) in [7, 11) is 0. The van der Waals surface area contributed by atoms with Gasteiger partial charge in [0, 0.05) is 24.0 Å². The van der Waals surface area contributed by atoms with Crippen molar-refractivity contribution < 1.29 is 19.1 Å². The summed E-state index contributed by atoms with van der Waals surface area (Å²) >= 11 is 6.02. The van der Waals surface area contributed by atoms with Crippen molar-refractivity contribution in [1.82, 2.24) is 10.2 Å². The van der Waals surface area contributed by atoms with E-state index in [0.717, 1.165) is 23.3 Å². The van der Waals surface area contributed by atoms with E-state index in [-0.39, 0.29) is 24.6 Å². The minimum absolute atomic E-state index is 0.0534. The fourth-order valence-electron chi connectivity index (χ4n) is 3.64. The summed E-state index contributed by atoms with van der Waals surface area (Å²) in [5.41, 5.74) is 1.92. The first-order chi connectivity index (χ1) is 15.4. The van der Waals surface area contributed by atoms with Crippen LogP contribution in [-0.2, 0) is 22.6 Å². The number of hydrogen-bond donors (Lipinski definition) is 1. The molecule has 1 N–H and O–H groups in total. The van der Waals surface area contributed by atoms with Crippen LogP contribution in [0.5, 0.6) is 11.5 Å². The predicted octanol–water partition coefficient (Wildman–Crippen LogP) is 4.72. The van der Waals surface area contributed by atoms with E-state index in [1.54, 1.807) is 17.0 Å². The van der Waals surface area contributed by atoms with Crippen molar-refractivity contribution in [2.45, 2.75) is 65.1 Å². The lowest BCUT2D eigenvalue weighted by molar-refractivity contribution is -0.141. The average molecular weight is 459 g/mol. The Morgan fingerprint density at radius 1 is 1.03 bits per heavy atom. The molecule has 2 amide bonds. The van der Waals surface area contributed by atoms with Gasteiger partial charge in [0.1, 0.15) is 6.04 Å². The molecule has 1 aliphatic heterocycles. The Hall–Kier alpha value is -2.73. The SMILES string of the molecule is CC[C@@H](C)NC(=O)[C@@H](CC)N(Cc1ccc(Cl)cc1)C(=O)CCc1ccc2c(c1)OCO2. The van der Waals surface area contributed by atoms with E-state index in [1.807, 2.05) is 51.1 Å². The monoisotopic (exact) mass is 458 g/mol. The highest BCUT2D eigenvalue weighted by Crippen LogP contribution is 2.32. The summed E-state index contributed by atoms with van der Waals surface area (Å²) in [6.45, 7) is 6.49. The number of nitrogens with zero attached hydrogens (tertiary/aromatic N) is 1. The summed E-state index contributed by atoms with van der Waals surface area (Å²) < 4.78 is 10.8. The van der Waals surface area contributed by atoms with Crippen molar-refractivity contribution >= 4 is 23.4 Å². The summed E-state index contributed by atoms with van der Waals surface area (Å²) in [4.78, 5) is 28.0. The topological polar surface area (TPSA) is 67.9 Å². The molecule has 2 aromatic rings. The van der Waals surface area contributed by atoms with Gasteiger partial charge in [-0.3, -0.25) is 9.59 Å². The van der Waals surface area contributed by atoms with Gasteiger partial charge < -0.3 is 19.7 Å². The van der Waals surface area contributed by atoms with Gasteiger partial charge in [-0.25, -0.2) is 0 Å². The van der Waals surface area contributed by atoms with Gasteiger partial charge >= 0.3 is 0 Å². The van der Waals surface area contributed by atoms with Crippen molar-refractivity contribution in [3.8, 4) is 11.5 Å². The molecule has 3 rings (SSSR count). The first-order valence-electron chi connectivity index (χ1n) is 11.1. The number of carbonyl (C=O) groups excluding carboxylic acids is 2. The smallest absolute Gasteiger partial charge is 0.243 e. The molecule has 172 valence electrons. The number of carbonyl (C=O) groups is 2. The number of hydrogen-bond acceptors (Lipinski definition) is 4. The van der Waals surface area contributed by atoms with Gasteiger partial charge in [-0.2, -0.15) is 0 Å². The molecule has 0 fully saturated rings. The van der Waals surface area contributed by atoms with Crippen LogP contribution in [0, 0.1) is 0 Å². The molecule has 2 atom stereocenters. The highest BCUT2D eigenvalue weighted by atomic mass is 35.5. The molecule has 0 aromatic heterocycles. The Balaban J connectivity index is 1.75. The van der Waals surface area contributed by atoms with E-state index in [9.17, 15) is 9.59 Å². The van der Waals surface area contributed by atoms with E-state index in [0.29, 0.717) is 36.6 Å². The van der Waals surface area contributed by atoms with Crippen LogP contribution >= 0.6 is 11.6 Å². The third-order valence-corrected chi connectivity index (χ3v) is 5.97. The average Bonchev–Trinajstić information content (AvgIpc) is 3.26. The number of nitrogens with one attached hydrogen (secondary N) is 1. The predicted molar refractivity (Wildman–Crippen MR) is 125 cm³/mol. The Kier molecular flexibility index (Phi) is 8.39. The lowest BCUT2D eigenvalue weighted by Gasteiger charge is -2.31. The standard InChI is InChI=1S/C25H31ClN2O4/c1-4-17(3)27-25(30)21(5-2)28(15-19-6-10-20(26)11-7-19)24(29)13-9-18-8-12-22-23(14-18)32-16-31-22/h6-8,10-12,14,17,21H,4-5,9,13,15-16H2,1-3H3,(H,27,30)/t17-,21-/m1/s1. The van der Waals surface area contributed by atoms with Crippen LogP contribution in [0.4, 0.5) is 0 Å². The Bertz CT molecular complexity index is 932. The zero-order valence-electron chi connectivity index (χ0n) is 18.9. The second-order valence-electron chi connectivity index (χ2n) is 8.08. The third kappa shape index (κ3) is 6.16. The van der Waals surface area contributed by atoms with E-state index in [2.05, 4.69) is 5.32 Å². The molecule has 0 saturated carbocycles. The molecule has 0 spiro atoms. The van der Waals surface area contributed by atoms with Gasteiger partial charge in [-0.05, 0) is 61.6 Å². The fourth-order valence-corrected chi connectivity index (χ4v) is 3.76. The van der Waals surface area contributed by atoms with Crippen LogP contribution < -0.4 is 14.8 Å². The normalized spacial score (nSPS) is 14.0. The Labute approximate surface area is 194 Å². The van der Waals surface area contributed by atoms with Crippen molar-refractivity contribution in [3.63, 3.8) is 0 Å². The molecule has 2 aromatic carbocycles. The van der Waals surface area contributed by atoms with Gasteiger partial charge in [0.2, 0.25) is 18.6 Å². The van der Waals surface area contributed by atoms with Crippen LogP contribution in [0.1, 0.15) is 51.2 Å². The molecule has 0 saturated heterocycles. The Morgan fingerprint density at radius 2 is 1.72 bits per heavy atom. The van der Waals surface area contributed by atoms with Crippen LogP contribution in [0.15, 0.2) is 42.5 Å². The van der Waals surface area contributed by atoms with E-state index in [1.165, 1.54) is 0 Å². The first kappa shape index (κ1) is 23.9. The first-order valence-corrected chi connectivity index (χ1v) is 11.5. The minimum Gasteiger partial charge on any atom is -0.454 e. The van der Waals surface area contributed by atoms with Crippen LogP contribution in [0.2, 0.25) is 5.02 Å². The molecular weight excluding hydrogens is 428 g/mol. The van der Waals surface area contributed by atoms with Gasteiger partial charge in [0.25, 0.3) is 0 Å². The Morgan fingerprint density at radius 3 is 2.41 bits per heavy atom. The van der Waals surface area contributed by atoms with Gasteiger partial charge in [-0.1, -0.05) is 43.6 Å². The zero-order chi connectivity index (χ0) is 23.1. The van der Waals surface area contributed by atoms with Crippen molar-refractivity contribution in [2.24, 2.45) is 0 Å². The van der Waals surface area contributed by atoms with Gasteiger partial charge in [0.15, 0.2) is 11.5 Å². The van der Waals surface area contributed by atoms with Crippen molar-refractivity contribution in [2.75, 3.05) is 6.79 Å².